The maximum atomic E-state index is 11.0. The Morgan fingerprint density at radius 2 is 0.836 bits per heavy atom. The Bertz CT molecular complexity index is 2160. The number of hydrogen-bond acceptors (Lipinski definition) is 5. The molecule has 0 saturated heterocycles. The monoisotopic (exact) mass is 802 g/mol. The molecule has 1 unspecified atom stereocenters. The van der Waals surface area contributed by atoms with Crippen molar-refractivity contribution in [1.82, 2.24) is 0 Å². The number of para-hydroxylation sites is 2. The quantitative estimate of drug-likeness (QED) is 0.104. The van der Waals surface area contributed by atoms with Crippen LogP contribution < -0.4 is 41.7 Å². The van der Waals surface area contributed by atoms with Gasteiger partial charge in [-0.1, -0.05) is 188 Å². The molecule has 274 valence electrons. The van der Waals surface area contributed by atoms with Crippen molar-refractivity contribution in [3.63, 3.8) is 0 Å². The minimum absolute atomic E-state index is 0. The molecule has 0 aromatic heterocycles. The second kappa shape index (κ2) is 18.7. The van der Waals surface area contributed by atoms with Gasteiger partial charge in [-0.3, -0.25) is 0 Å². The molecule has 1 atom stereocenters. The van der Waals surface area contributed by atoms with Gasteiger partial charge in [-0.2, -0.15) is 10.2 Å². The Hall–Kier alpha value is -5.47. The number of rotatable bonds is 10. The van der Waals surface area contributed by atoms with Gasteiger partial charge in [0.1, 0.15) is 17.0 Å². The van der Waals surface area contributed by atoms with Crippen LogP contribution in [0.3, 0.4) is 0 Å². The molecule has 0 saturated carbocycles. The van der Waals surface area contributed by atoms with Gasteiger partial charge in [0.25, 0.3) is 0 Å². The van der Waals surface area contributed by atoms with Gasteiger partial charge in [-0.25, -0.2) is 0 Å². The van der Waals surface area contributed by atoms with Crippen LogP contribution in [0.5, 0.6) is 11.5 Å². The van der Waals surface area contributed by atoms with Crippen LogP contribution in [0.1, 0.15) is 12.5 Å². The van der Waals surface area contributed by atoms with Gasteiger partial charge in [-0.15, -0.1) is 0 Å². The van der Waals surface area contributed by atoms with Gasteiger partial charge in [0.15, 0.2) is 0 Å². The van der Waals surface area contributed by atoms with Crippen molar-refractivity contribution in [2.75, 3.05) is 0 Å². The largest absolute Gasteiger partial charge is 1.00 e. The number of aliphatic carboxylic acids is 1. The zero-order chi connectivity index (χ0) is 37.2. The number of hydrogen-bond donors (Lipinski definition) is 0. The van der Waals surface area contributed by atoms with Crippen LogP contribution in [0.4, 0.5) is 0 Å². The van der Waals surface area contributed by atoms with Crippen molar-refractivity contribution >= 4 is 59.2 Å². The summed E-state index contributed by atoms with van der Waals surface area (Å²) in [4.78, 5) is 11.0. The maximum absolute atomic E-state index is 11.0. The minimum Gasteiger partial charge on any atom is -0.547 e. The van der Waals surface area contributed by atoms with Crippen molar-refractivity contribution in [2.24, 2.45) is 10.2 Å². The summed E-state index contributed by atoms with van der Waals surface area (Å²) in [6.45, 7) is 1.48. The molecule has 0 spiro atoms. The Morgan fingerprint density at radius 1 is 0.509 bits per heavy atom. The van der Waals surface area contributed by atoms with Crippen LogP contribution in [0, 0.1) is 0 Å². The SMILES string of the molecule is CC1(C(=O)[O-])N=NC=C1c1ccccc1.[Cu+].c1ccc(P(c2ccccc2)c2ccccc2Oc2ccccc2P(c2ccccc2)c2ccccc2)cc1. The molecule has 7 aromatic carbocycles. The predicted molar refractivity (Wildman–Crippen MR) is 223 cm³/mol. The van der Waals surface area contributed by atoms with E-state index in [0.29, 0.717) is 5.57 Å². The van der Waals surface area contributed by atoms with Crippen LogP contribution in [-0.4, -0.2) is 11.5 Å². The average molecular weight is 803 g/mol. The zero-order valence-corrected chi connectivity index (χ0v) is 32.7. The van der Waals surface area contributed by atoms with E-state index in [2.05, 4.69) is 180 Å². The second-order valence-electron chi connectivity index (χ2n) is 12.5. The van der Waals surface area contributed by atoms with E-state index >= 15 is 0 Å². The fourth-order valence-electron chi connectivity index (χ4n) is 6.24. The van der Waals surface area contributed by atoms with Crippen molar-refractivity contribution < 1.29 is 31.7 Å². The van der Waals surface area contributed by atoms with Crippen LogP contribution >= 0.6 is 15.8 Å². The molecule has 0 bridgehead atoms. The molecule has 55 heavy (non-hydrogen) atoms. The van der Waals surface area contributed by atoms with Crippen molar-refractivity contribution in [3.8, 4) is 11.5 Å². The van der Waals surface area contributed by atoms with E-state index in [1.54, 1.807) is 0 Å². The molecule has 1 heterocycles. The summed E-state index contributed by atoms with van der Waals surface area (Å²) >= 11 is 0. The Kier molecular flexibility index (Phi) is 13.4. The first-order valence-electron chi connectivity index (χ1n) is 17.6. The first-order chi connectivity index (χ1) is 26.5. The topological polar surface area (TPSA) is 74.1 Å². The van der Waals surface area contributed by atoms with Gasteiger partial charge >= 0.3 is 17.1 Å². The fourth-order valence-corrected chi connectivity index (χ4v) is 11.0. The zero-order valence-electron chi connectivity index (χ0n) is 29.9. The molecule has 5 nitrogen and oxygen atoms in total. The van der Waals surface area contributed by atoms with E-state index in [1.165, 1.54) is 45.0 Å². The molecule has 0 radical (unpaired) electrons. The molecule has 0 aliphatic carbocycles. The van der Waals surface area contributed by atoms with Gasteiger partial charge in [-0.05, 0) is 61.7 Å². The summed E-state index contributed by atoms with van der Waals surface area (Å²) in [6.07, 6.45) is 1.46. The molecule has 0 fully saturated rings. The number of carbonyl (C=O) groups is 1. The van der Waals surface area contributed by atoms with E-state index in [1.807, 2.05) is 30.3 Å². The van der Waals surface area contributed by atoms with Gasteiger partial charge < -0.3 is 14.6 Å². The molecule has 0 amide bonds. The van der Waals surface area contributed by atoms with Crippen LogP contribution in [-0.2, 0) is 21.9 Å². The van der Waals surface area contributed by atoms with Gasteiger partial charge in [0.2, 0.25) is 0 Å². The summed E-state index contributed by atoms with van der Waals surface area (Å²) in [5.41, 5.74) is -0.00116. The molecule has 7 aromatic rings. The van der Waals surface area contributed by atoms with Crippen molar-refractivity contribution in [3.05, 3.63) is 212 Å². The Morgan fingerprint density at radius 3 is 1.20 bits per heavy atom. The first-order valence-corrected chi connectivity index (χ1v) is 20.3. The molecule has 1 aliphatic rings. The van der Waals surface area contributed by atoms with Crippen LogP contribution in [0.2, 0.25) is 0 Å². The molecule has 0 N–H and O–H groups in total. The number of ether oxygens (including phenoxy) is 1. The number of carboxylic acid groups (broad SMARTS) is 1. The Labute approximate surface area is 335 Å². The smallest absolute Gasteiger partial charge is 0.547 e. The molecule has 8 heteroatoms. The van der Waals surface area contributed by atoms with Gasteiger partial charge in [0.05, 0.1) is 12.2 Å². The predicted octanol–water partition coefficient (Wildman–Crippen LogP) is 7.99. The second-order valence-corrected chi connectivity index (χ2v) is 16.9. The average Bonchev–Trinajstić information content (AvgIpc) is 3.64. The maximum Gasteiger partial charge on any atom is 1.00 e. The van der Waals surface area contributed by atoms with Gasteiger partial charge in [0, 0.05) is 16.2 Å². The molecular formula is C47H37CuN2O3P2. The third kappa shape index (κ3) is 9.09. The molecule has 1 aliphatic heterocycles. The number of carboxylic acids is 1. The standard InChI is InChI=1S/C36H28OP2.C11H10N2O2.Cu/c1-5-17-29(18-6-1)38(30-19-7-2-8-20-30)35-27-15-13-25-33(35)37-34-26-14-16-28-36(34)39(31-21-9-3-10-22-31)32-23-11-4-12-24-32;1-11(10(14)15)9(7-12-13-11)8-5-3-2-4-6-8;/h1-28H;2-7H,1H3,(H,14,15);/q;;+1/p-1. The fraction of sp³-hybridized carbons (Fsp3) is 0.0426. The van der Waals surface area contributed by atoms with E-state index in [-0.39, 0.29) is 17.1 Å². The van der Waals surface area contributed by atoms with E-state index in [9.17, 15) is 9.90 Å². The third-order valence-corrected chi connectivity index (χ3v) is 13.9. The number of carbonyl (C=O) groups excluding carboxylic acids is 1. The summed E-state index contributed by atoms with van der Waals surface area (Å²) in [5.74, 6) is 0.568. The van der Waals surface area contributed by atoms with Crippen LogP contribution in [0.15, 0.2) is 217 Å². The molecule has 8 rings (SSSR count). The summed E-state index contributed by atoms with van der Waals surface area (Å²) in [5, 5.41) is 26.0. The first kappa shape index (κ1) is 39.2. The van der Waals surface area contributed by atoms with Crippen LogP contribution in [0.25, 0.3) is 5.57 Å². The summed E-state index contributed by atoms with van der Waals surface area (Å²) in [6, 6.07) is 69.4. The van der Waals surface area contributed by atoms with E-state index < -0.39 is 27.4 Å². The number of benzene rings is 7. The van der Waals surface area contributed by atoms with E-state index in [0.717, 1.165) is 17.1 Å². The Balaban J connectivity index is 0.000000270. The number of nitrogens with zero attached hydrogens (tertiary/aromatic N) is 2. The normalized spacial score (nSPS) is 14.3. The summed E-state index contributed by atoms with van der Waals surface area (Å²) < 4.78 is 6.92. The van der Waals surface area contributed by atoms with Crippen molar-refractivity contribution in [2.45, 2.75) is 12.5 Å². The minimum atomic E-state index is -1.36. The molecular weight excluding hydrogens is 766 g/mol. The van der Waals surface area contributed by atoms with Crippen molar-refractivity contribution in [1.29, 1.82) is 0 Å². The number of azo groups is 1. The summed E-state index contributed by atoms with van der Waals surface area (Å²) in [7, 11) is -1.59. The third-order valence-electron chi connectivity index (χ3n) is 8.94. The van der Waals surface area contributed by atoms with E-state index in [4.69, 9.17) is 4.74 Å².